The van der Waals surface area contributed by atoms with E-state index >= 15 is 0 Å². The lowest BCUT2D eigenvalue weighted by Gasteiger charge is -2.17. The third-order valence-electron chi connectivity index (χ3n) is 5.35. The molecule has 0 aliphatic rings. The van der Waals surface area contributed by atoms with Crippen LogP contribution in [0.2, 0.25) is 0 Å². The fourth-order valence-electron chi connectivity index (χ4n) is 3.46. The maximum absolute atomic E-state index is 11.9. The lowest BCUT2D eigenvalue weighted by atomic mass is 9.99. The summed E-state index contributed by atoms with van der Waals surface area (Å²) in [6.07, 6.45) is 12.8. The number of unbranched alkanes of at least 4 members (excludes halogenated alkanes) is 9. The number of aliphatic hydroxyl groups is 2. The molecule has 5 heteroatoms. The molecule has 0 radical (unpaired) electrons. The summed E-state index contributed by atoms with van der Waals surface area (Å²) in [7, 11) is 0. The first-order valence-corrected chi connectivity index (χ1v) is 11.9. The lowest BCUT2D eigenvalue weighted by molar-refractivity contribution is -0.116. The molecule has 1 rings (SSSR count). The molecule has 0 heterocycles. The molecule has 0 aliphatic carbocycles. The fourth-order valence-corrected chi connectivity index (χ4v) is 3.61. The minimum Gasteiger partial charge on any atom is -0.390 e. The summed E-state index contributed by atoms with van der Waals surface area (Å²) in [5.74, 6) is 0.0464. The molecule has 3 N–H and O–H groups in total. The van der Waals surface area contributed by atoms with E-state index in [0.29, 0.717) is 19.3 Å². The lowest BCUT2D eigenvalue weighted by Crippen LogP contribution is -2.25. The predicted molar refractivity (Wildman–Crippen MR) is 125 cm³/mol. The Labute approximate surface area is 182 Å². The highest BCUT2D eigenvalue weighted by Crippen LogP contribution is 2.16. The van der Waals surface area contributed by atoms with Gasteiger partial charge in [0.15, 0.2) is 0 Å². The van der Waals surface area contributed by atoms with Crippen molar-refractivity contribution in [2.24, 2.45) is 0 Å². The van der Waals surface area contributed by atoms with Crippen molar-refractivity contribution < 1.29 is 15.0 Å². The first kappa shape index (κ1) is 26.0. The summed E-state index contributed by atoms with van der Waals surface area (Å²) in [5, 5.41) is 23.0. The minimum absolute atomic E-state index is 0.0464. The van der Waals surface area contributed by atoms with E-state index in [1.54, 1.807) is 0 Å². The zero-order valence-electron chi connectivity index (χ0n) is 18.1. The van der Waals surface area contributed by atoms with Crippen LogP contribution in [0.1, 0.15) is 96.8 Å². The SMILES string of the molecule is CCCCCCCCC(O)C(O)CCCCCCCC(=O)Nc1ccc(S)cc1. The number of nitrogens with one attached hydrogen (secondary N) is 1. The third kappa shape index (κ3) is 13.7. The first-order valence-electron chi connectivity index (χ1n) is 11.5. The Hall–Kier alpha value is -1.04. The highest BCUT2D eigenvalue weighted by atomic mass is 32.1. The van der Waals surface area contributed by atoms with Crippen molar-refractivity contribution >= 4 is 24.2 Å². The summed E-state index contributed by atoms with van der Waals surface area (Å²) >= 11 is 4.23. The Kier molecular flexibility index (Phi) is 15.0. The number of hydrogen-bond acceptors (Lipinski definition) is 4. The van der Waals surface area contributed by atoms with Gasteiger partial charge in [-0.05, 0) is 43.5 Å². The quantitative estimate of drug-likeness (QED) is 0.180. The molecule has 0 saturated carbocycles. The summed E-state index contributed by atoms with van der Waals surface area (Å²) < 4.78 is 0. The van der Waals surface area contributed by atoms with Crippen LogP contribution in [0.15, 0.2) is 29.2 Å². The molecule has 0 spiro atoms. The molecule has 29 heavy (non-hydrogen) atoms. The summed E-state index contributed by atoms with van der Waals surface area (Å²) in [6.45, 7) is 2.21. The Morgan fingerprint density at radius 1 is 0.828 bits per heavy atom. The number of anilines is 1. The second-order valence-electron chi connectivity index (χ2n) is 8.09. The van der Waals surface area contributed by atoms with E-state index in [2.05, 4.69) is 24.9 Å². The van der Waals surface area contributed by atoms with Crippen LogP contribution in [-0.2, 0) is 4.79 Å². The molecule has 166 valence electrons. The van der Waals surface area contributed by atoms with E-state index in [-0.39, 0.29) is 5.91 Å². The first-order chi connectivity index (χ1) is 14.0. The predicted octanol–water partition coefficient (Wildman–Crippen LogP) is 6.12. The molecule has 0 fully saturated rings. The van der Waals surface area contributed by atoms with Gasteiger partial charge in [0.1, 0.15) is 0 Å². The van der Waals surface area contributed by atoms with Gasteiger partial charge in [0, 0.05) is 17.0 Å². The number of rotatable bonds is 17. The van der Waals surface area contributed by atoms with Gasteiger partial charge in [0.25, 0.3) is 0 Å². The van der Waals surface area contributed by atoms with Crippen LogP contribution in [0.5, 0.6) is 0 Å². The Morgan fingerprint density at radius 2 is 1.31 bits per heavy atom. The fraction of sp³-hybridized carbons (Fsp3) is 0.708. The number of hydrogen-bond donors (Lipinski definition) is 4. The number of aliphatic hydroxyl groups excluding tert-OH is 2. The zero-order chi connectivity index (χ0) is 21.3. The normalized spacial score (nSPS) is 13.2. The Morgan fingerprint density at radius 3 is 1.86 bits per heavy atom. The van der Waals surface area contributed by atoms with Gasteiger partial charge >= 0.3 is 0 Å². The van der Waals surface area contributed by atoms with E-state index < -0.39 is 12.2 Å². The number of carbonyl (C=O) groups excluding carboxylic acids is 1. The minimum atomic E-state index is -0.597. The van der Waals surface area contributed by atoms with Crippen molar-refractivity contribution in [2.75, 3.05) is 5.32 Å². The molecule has 0 bridgehead atoms. The standard InChI is InChI=1S/C24H41NO3S/c1-2-3-4-5-7-10-13-22(26)23(27)14-11-8-6-9-12-15-24(28)25-20-16-18-21(29)19-17-20/h16-19,22-23,26-27,29H,2-15H2,1H3,(H,25,28). The zero-order valence-corrected chi connectivity index (χ0v) is 19.0. The van der Waals surface area contributed by atoms with Gasteiger partial charge in [-0.3, -0.25) is 4.79 Å². The average Bonchev–Trinajstić information content (AvgIpc) is 2.71. The van der Waals surface area contributed by atoms with Crippen molar-refractivity contribution in [1.29, 1.82) is 0 Å². The largest absolute Gasteiger partial charge is 0.390 e. The van der Waals surface area contributed by atoms with Crippen LogP contribution < -0.4 is 5.32 Å². The van der Waals surface area contributed by atoms with Crippen molar-refractivity contribution in [2.45, 2.75) is 114 Å². The molecule has 1 aromatic carbocycles. The molecule has 1 amide bonds. The summed E-state index contributed by atoms with van der Waals surface area (Å²) in [6, 6.07) is 7.42. The van der Waals surface area contributed by atoms with E-state index in [1.165, 1.54) is 25.7 Å². The van der Waals surface area contributed by atoms with Crippen LogP contribution in [0.25, 0.3) is 0 Å². The Bertz CT molecular complexity index is 535. The number of thiol groups is 1. The smallest absolute Gasteiger partial charge is 0.224 e. The highest BCUT2D eigenvalue weighted by Gasteiger charge is 2.15. The van der Waals surface area contributed by atoms with Crippen LogP contribution in [0.4, 0.5) is 5.69 Å². The van der Waals surface area contributed by atoms with Crippen LogP contribution in [0.3, 0.4) is 0 Å². The van der Waals surface area contributed by atoms with E-state index in [1.807, 2.05) is 24.3 Å². The second kappa shape index (κ2) is 16.7. The van der Waals surface area contributed by atoms with Crippen molar-refractivity contribution in [3.8, 4) is 0 Å². The summed E-state index contributed by atoms with van der Waals surface area (Å²) in [5.41, 5.74) is 0.807. The molecule has 0 aliphatic heterocycles. The topological polar surface area (TPSA) is 69.6 Å². The maximum atomic E-state index is 11.9. The summed E-state index contributed by atoms with van der Waals surface area (Å²) in [4.78, 5) is 12.8. The van der Waals surface area contributed by atoms with E-state index in [9.17, 15) is 15.0 Å². The monoisotopic (exact) mass is 423 g/mol. The third-order valence-corrected chi connectivity index (χ3v) is 5.65. The van der Waals surface area contributed by atoms with Crippen molar-refractivity contribution in [3.05, 3.63) is 24.3 Å². The van der Waals surface area contributed by atoms with Gasteiger partial charge in [0.2, 0.25) is 5.91 Å². The van der Waals surface area contributed by atoms with E-state index in [4.69, 9.17) is 0 Å². The van der Waals surface area contributed by atoms with Crippen LogP contribution in [0, 0.1) is 0 Å². The molecule has 1 aromatic rings. The highest BCUT2D eigenvalue weighted by molar-refractivity contribution is 7.80. The molecule has 2 atom stereocenters. The van der Waals surface area contributed by atoms with Gasteiger partial charge in [-0.1, -0.05) is 71.1 Å². The van der Waals surface area contributed by atoms with Gasteiger partial charge in [-0.2, -0.15) is 0 Å². The average molecular weight is 424 g/mol. The number of benzene rings is 1. The van der Waals surface area contributed by atoms with Gasteiger partial charge in [0.05, 0.1) is 12.2 Å². The molecule has 2 unspecified atom stereocenters. The molecule has 4 nitrogen and oxygen atoms in total. The van der Waals surface area contributed by atoms with Crippen molar-refractivity contribution in [3.63, 3.8) is 0 Å². The van der Waals surface area contributed by atoms with Gasteiger partial charge in [-0.15, -0.1) is 12.6 Å². The maximum Gasteiger partial charge on any atom is 0.224 e. The van der Waals surface area contributed by atoms with E-state index in [0.717, 1.165) is 55.5 Å². The van der Waals surface area contributed by atoms with Gasteiger partial charge in [-0.25, -0.2) is 0 Å². The molecular formula is C24H41NO3S. The Balaban J connectivity index is 1.96. The van der Waals surface area contributed by atoms with Crippen molar-refractivity contribution in [1.82, 2.24) is 0 Å². The second-order valence-corrected chi connectivity index (χ2v) is 8.61. The van der Waals surface area contributed by atoms with Crippen LogP contribution >= 0.6 is 12.6 Å². The molecular weight excluding hydrogens is 382 g/mol. The molecule has 0 aromatic heterocycles. The number of amides is 1. The number of carbonyl (C=O) groups is 1. The van der Waals surface area contributed by atoms with Crippen LogP contribution in [-0.4, -0.2) is 28.3 Å². The van der Waals surface area contributed by atoms with Gasteiger partial charge < -0.3 is 15.5 Å². The molecule has 0 saturated heterocycles.